The normalized spacial score (nSPS) is 14.9. The molecule has 5 N–H and O–H groups in total. The summed E-state index contributed by atoms with van der Waals surface area (Å²) in [5.74, 6) is -0.00242. The van der Waals surface area contributed by atoms with E-state index in [1.807, 2.05) is 103 Å². The Hall–Kier alpha value is -1.19. The third-order valence-corrected chi connectivity index (χ3v) is 11.2. The first-order chi connectivity index (χ1) is 25.7. The van der Waals surface area contributed by atoms with Crippen molar-refractivity contribution in [2.45, 2.75) is 19.4 Å². The summed E-state index contributed by atoms with van der Waals surface area (Å²) in [7, 11) is 0. The standard InChI is InChI=1S/C20H10I4O4.C17H23N5O4.2Na/c21-13-5-9(6-14(22)18(13)25)17(10-7-15(23)19(26)16(24)8-10)11-3-1-2-4-12(11)20(27)28;1-2-26-21-6-7-22(14(10-21)11-23)17(24)15(18)9-12-4-3-5-13(8-12)16(19)20-25;;/h1-8,25H,(H,27,28);3-5,8,15,25H,2,6-7,9-10,18H2,1H3,(H2,19,20);;/q;;2*+1/p-2/t;15-;;/m.0../s1. The zero-order valence-electron chi connectivity index (χ0n) is 30.4. The van der Waals surface area contributed by atoms with Gasteiger partial charge in [-0.1, -0.05) is 53.4 Å². The van der Waals surface area contributed by atoms with Gasteiger partial charge in [0.05, 0.1) is 32.3 Å². The van der Waals surface area contributed by atoms with Crippen LogP contribution in [0.5, 0.6) is 5.75 Å². The van der Waals surface area contributed by atoms with E-state index < -0.39 is 12.0 Å². The molecule has 3 aromatic carbocycles. The maximum Gasteiger partial charge on any atom is 1.00 e. The summed E-state index contributed by atoms with van der Waals surface area (Å²) in [5, 5.41) is 37.2. The predicted molar refractivity (Wildman–Crippen MR) is 232 cm³/mol. The number of Topliss-reactive ketones (excluding diaryl/α,β-unsaturated/α-hetero) is 1. The fraction of sp³-hybridized carbons (Fsp3) is 0.189. The molecule has 0 saturated carbocycles. The van der Waals surface area contributed by atoms with Gasteiger partial charge in [0, 0.05) is 31.4 Å². The number of rotatable bonds is 9. The van der Waals surface area contributed by atoms with E-state index in [1.54, 1.807) is 71.8 Å². The summed E-state index contributed by atoms with van der Waals surface area (Å²) in [4.78, 5) is 54.5. The molecular formula is C37H31I4N5Na2O8. The number of piperazine rings is 1. The molecule has 0 bridgehead atoms. The van der Waals surface area contributed by atoms with Crippen molar-refractivity contribution in [1.82, 2.24) is 9.96 Å². The third kappa shape index (κ3) is 13.2. The zero-order valence-corrected chi connectivity index (χ0v) is 43.0. The molecule has 282 valence electrons. The van der Waals surface area contributed by atoms with Gasteiger partial charge < -0.3 is 36.6 Å². The van der Waals surface area contributed by atoms with Crippen LogP contribution in [0.4, 0.5) is 0 Å². The molecule has 1 aliphatic carbocycles. The number of ketones is 1. The van der Waals surface area contributed by atoms with Crippen LogP contribution in [0.25, 0.3) is 5.57 Å². The molecule has 13 nitrogen and oxygen atoms in total. The molecule has 1 amide bonds. The Kier molecular flexibility index (Phi) is 22.0. The molecule has 0 radical (unpaired) electrons. The number of nitrogens with zero attached hydrogens (tertiary/aromatic N) is 3. The second-order valence-electron chi connectivity index (χ2n) is 11.6. The number of allylic oxidation sites excluding steroid dienone is 5. The molecule has 1 aliphatic heterocycles. The van der Waals surface area contributed by atoms with Gasteiger partial charge >= 0.3 is 59.1 Å². The van der Waals surface area contributed by atoms with Crippen molar-refractivity contribution in [1.29, 1.82) is 0 Å². The molecule has 2 aliphatic rings. The van der Waals surface area contributed by atoms with E-state index in [0.717, 1.165) is 5.56 Å². The largest absolute Gasteiger partial charge is 1.00 e. The number of benzene rings is 3. The number of oxime groups is 1. The second-order valence-corrected chi connectivity index (χ2v) is 16.2. The van der Waals surface area contributed by atoms with E-state index >= 15 is 0 Å². The number of carboxylic acid groups (broad SMARTS) is 1. The Bertz CT molecular complexity index is 2110. The van der Waals surface area contributed by atoms with Gasteiger partial charge in [-0.3, -0.25) is 14.4 Å². The van der Waals surface area contributed by atoms with Gasteiger partial charge in [0.1, 0.15) is 11.6 Å². The Morgan fingerprint density at radius 3 is 2.12 bits per heavy atom. The molecule has 0 aromatic heterocycles. The second kappa shape index (κ2) is 24.2. The Balaban J connectivity index is 0.000000375. The van der Waals surface area contributed by atoms with Crippen LogP contribution in [0.1, 0.15) is 39.5 Å². The van der Waals surface area contributed by atoms with Crippen molar-refractivity contribution in [3.63, 3.8) is 0 Å². The van der Waals surface area contributed by atoms with Crippen LogP contribution in [-0.4, -0.2) is 76.9 Å². The van der Waals surface area contributed by atoms with Crippen LogP contribution in [-0.2, 0) is 25.6 Å². The molecule has 1 atom stereocenters. The van der Waals surface area contributed by atoms with Crippen molar-refractivity contribution >= 4 is 125 Å². The summed E-state index contributed by atoms with van der Waals surface area (Å²) in [6.45, 7) is 3.31. The summed E-state index contributed by atoms with van der Waals surface area (Å²) < 4.78 is 2.14. The first kappa shape index (κ1) is 51.0. The van der Waals surface area contributed by atoms with Gasteiger partial charge in [0.25, 0.3) is 0 Å². The SMILES string of the molecule is CCON1CCN(C(=O)[C@@H](N)Cc2cccc(C(N)=NO)c2)C(=C=O)C1.O=C1C(I)=CC(=C(c2cc(I)c([O-])c(I)c2)c2ccccc2C(=O)[O-])C=C1I.[Na+].[Na+]. The molecule has 19 heteroatoms. The molecule has 56 heavy (non-hydrogen) atoms. The Labute approximate surface area is 422 Å². The molecule has 3 aromatic rings. The molecule has 5 rings (SSSR count). The van der Waals surface area contributed by atoms with Gasteiger partial charge in [-0.05, 0) is 162 Å². The maximum absolute atomic E-state index is 12.7. The molecule has 0 unspecified atom stereocenters. The molecule has 0 spiro atoms. The average molecular weight is 1230 g/mol. The quantitative estimate of drug-likeness (QED) is 0.0399. The fourth-order valence-electron chi connectivity index (χ4n) is 5.52. The van der Waals surface area contributed by atoms with Crippen LogP contribution >= 0.6 is 90.4 Å². The van der Waals surface area contributed by atoms with Crippen LogP contribution in [0.15, 0.2) is 96.4 Å². The fourth-order valence-corrected chi connectivity index (χ4v) is 9.06. The summed E-state index contributed by atoms with van der Waals surface area (Å²) in [6.07, 6.45) is 3.72. The van der Waals surface area contributed by atoms with E-state index in [2.05, 4.69) is 5.16 Å². The van der Waals surface area contributed by atoms with Crippen LogP contribution in [0, 0.1) is 7.14 Å². The van der Waals surface area contributed by atoms with E-state index in [4.69, 9.17) is 21.5 Å². The van der Waals surface area contributed by atoms with Crippen molar-refractivity contribution in [3.05, 3.63) is 126 Å². The molecule has 1 heterocycles. The van der Waals surface area contributed by atoms with Gasteiger partial charge in [-0.2, -0.15) is 5.06 Å². The number of halogens is 4. The number of amides is 1. The number of carboxylic acids is 1. The predicted octanol–water partition coefficient (Wildman–Crippen LogP) is -2.17. The van der Waals surface area contributed by atoms with Crippen LogP contribution < -0.4 is 80.8 Å². The minimum Gasteiger partial charge on any atom is -0.871 e. The van der Waals surface area contributed by atoms with Gasteiger partial charge in [0.15, 0.2) is 5.84 Å². The van der Waals surface area contributed by atoms with Gasteiger partial charge in [-0.15, -0.1) is 0 Å². The maximum atomic E-state index is 12.7. The summed E-state index contributed by atoms with van der Waals surface area (Å²) in [6, 6.07) is 16.1. The number of amidine groups is 1. The molecular weight excluding hydrogens is 1200 g/mol. The molecule has 1 fully saturated rings. The first-order valence-corrected chi connectivity index (χ1v) is 20.3. The van der Waals surface area contributed by atoms with Crippen LogP contribution in [0.3, 0.4) is 0 Å². The third-order valence-electron chi connectivity index (χ3n) is 8.01. The van der Waals surface area contributed by atoms with Crippen molar-refractivity contribution in [2.24, 2.45) is 16.6 Å². The number of hydroxylamine groups is 2. The number of aromatic carboxylic acids is 1. The average Bonchev–Trinajstić information content (AvgIpc) is 3.16. The van der Waals surface area contributed by atoms with E-state index in [0.29, 0.717) is 61.8 Å². The smallest absolute Gasteiger partial charge is 0.871 e. The minimum atomic E-state index is -1.29. The Morgan fingerprint density at radius 1 is 0.964 bits per heavy atom. The number of carbonyl (C=O) groups is 3. The minimum absolute atomic E-state index is 0. The number of carbonyl (C=O) groups excluding carboxylic acids is 4. The van der Waals surface area contributed by atoms with E-state index in [9.17, 15) is 29.4 Å². The van der Waals surface area contributed by atoms with Gasteiger partial charge in [-0.25, -0.2) is 4.79 Å². The number of hydrogen-bond acceptors (Lipinski definition) is 11. The summed E-state index contributed by atoms with van der Waals surface area (Å²) in [5.41, 5.74) is 15.7. The monoisotopic (exact) mass is 1230 g/mol. The number of nitrogens with two attached hydrogens (primary N) is 2. The zero-order chi connectivity index (χ0) is 39.7. The number of hydrogen-bond donors (Lipinski definition) is 3. The topological polar surface area (TPSA) is 215 Å². The van der Waals surface area contributed by atoms with E-state index in [1.165, 1.54) is 11.0 Å². The van der Waals surface area contributed by atoms with Gasteiger partial charge in [0.2, 0.25) is 11.7 Å². The summed E-state index contributed by atoms with van der Waals surface area (Å²) >= 11 is 7.90. The first-order valence-electron chi connectivity index (χ1n) is 16.0. The van der Waals surface area contributed by atoms with Crippen molar-refractivity contribution < 1.29 is 98.6 Å². The Morgan fingerprint density at radius 2 is 1.57 bits per heavy atom. The van der Waals surface area contributed by atoms with Crippen molar-refractivity contribution in [3.8, 4) is 5.75 Å². The van der Waals surface area contributed by atoms with E-state index in [-0.39, 0.29) is 107 Å². The van der Waals surface area contributed by atoms with Crippen LogP contribution in [0.2, 0.25) is 0 Å². The molecule has 1 saturated heterocycles. The van der Waals surface area contributed by atoms with Crippen molar-refractivity contribution in [2.75, 3.05) is 26.2 Å².